The molecule has 22 heavy (non-hydrogen) atoms. The van der Waals surface area contributed by atoms with Crippen molar-refractivity contribution in [3.05, 3.63) is 47.8 Å². The SMILES string of the molecule is CCN(CC)CCC(=O)c1cnc(-c2ccccc2)nc1C. The molecule has 2 aromatic rings. The van der Waals surface area contributed by atoms with E-state index in [0.717, 1.165) is 30.9 Å². The average molecular weight is 297 g/mol. The lowest BCUT2D eigenvalue weighted by Gasteiger charge is -2.17. The van der Waals surface area contributed by atoms with Crippen molar-refractivity contribution in [3.8, 4) is 11.4 Å². The minimum atomic E-state index is 0.115. The number of nitrogens with zero attached hydrogens (tertiary/aromatic N) is 3. The molecule has 0 unspecified atom stereocenters. The molecule has 0 atom stereocenters. The Morgan fingerprint density at radius 2 is 1.82 bits per heavy atom. The molecule has 116 valence electrons. The van der Waals surface area contributed by atoms with Crippen molar-refractivity contribution in [2.24, 2.45) is 0 Å². The summed E-state index contributed by atoms with van der Waals surface area (Å²) >= 11 is 0. The molecule has 0 radical (unpaired) electrons. The Kier molecular flexibility index (Phi) is 5.78. The van der Waals surface area contributed by atoms with Crippen molar-refractivity contribution in [1.82, 2.24) is 14.9 Å². The molecule has 0 N–H and O–H groups in total. The van der Waals surface area contributed by atoms with Gasteiger partial charge in [0.25, 0.3) is 0 Å². The second kappa shape index (κ2) is 7.80. The smallest absolute Gasteiger partial charge is 0.167 e. The molecule has 0 spiro atoms. The minimum absolute atomic E-state index is 0.115. The zero-order valence-corrected chi connectivity index (χ0v) is 13.5. The molecule has 0 fully saturated rings. The van der Waals surface area contributed by atoms with Gasteiger partial charge < -0.3 is 4.90 Å². The van der Waals surface area contributed by atoms with Crippen LogP contribution in [0.1, 0.15) is 36.3 Å². The van der Waals surface area contributed by atoms with Gasteiger partial charge in [0.15, 0.2) is 11.6 Å². The number of hydrogen-bond donors (Lipinski definition) is 0. The van der Waals surface area contributed by atoms with Crippen LogP contribution in [0.2, 0.25) is 0 Å². The highest BCUT2D eigenvalue weighted by Gasteiger charge is 2.13. The first-order chi connectivity index (χ1) is 10.7. The molecule has 4 heteroatoms. The fraction of sp³-hybridized carbons (Fsp3) is 0.389. The van der Waals surface area contributed by atoms with Gasteiger partial charge in [-0.05, 0) is 20.0 Å². The molecule has 1 heterocycles. The zero-order valence-electron chi connectivity index (χ0n) is 13.5. The van der Waals surface area contributed by atoms with Gasteiger partial charge >= 0.3 is 0 Å². The lowest BCUT2D eigenvalue weighted by Crippen LogP contribution is -2.26. The van der Waals surface area contributed by atoms with Crippen LogP contribution >= 0.6 is 0 Å². The molecule has 0 aliphatic heterocycles. The van der Waals surface area contributed by atoms with Crippen LogP contribution in [-0.4, -0.2) is 40.3 Å². The molecule has 0 amide bonds. The van der Waals surface area contributed by atoms with Gasteiger partial charge in [0.2, 0.25) is 0 Å². The fourth-order valence-corrected chi connectivity index (χ4v) is 2.40. The summed E-state index contributed by atoms with van der Waals surface area (Å²) in [7, 11) is 0. The first kappa shape index (κ1) is 16.3. The maximum atomic E-state index is 12.3. The van der Waals surface area contributed by atoms with Gasteiger partial charge in [0.05, 0.1) is 11.3 Å². The van der Waals surface area contributed by atoms with E-state index < -0.39 is 0 Å². The van der Waals surface area contributed by atoms with Crippen molar-refractivity contribution in [1.29, 1.82) is 0 Å². The van der Waals surface area contributed by atoms with Crippen LogP contribution in [0.3, 0.4) is 0 Å². The second-order valence-corrected chi connectivity index (χ2v) is 5.26. The van der Waals surface area contributed by atoms with Crippen LogP contribution in [0, 0.1) is 6.92 Å². The molecular weight excluding hydrogens is 274 g/mol. The number of carbonyl (C=O) groups excluding carboxylic acids is 1. The fourth-order valence-electron chi connectivity index (χ4n) is 2.40. The van der Waals surface area contributed by atoms with Gasteiger partial charge in [0, 0.05) is 24.7 Å². The van der Waals surface area contributed by atoms with E-state index >= 15 is 0 Å². The number of aromatic nitrogens is 2. The average Bonchev–Trinajstić information content (AvgIpc) is 2.56. The number of Topliss-reactive ketones (excluding diaryl/α,β-unsaturated/α-hetero) is 1. The second-order valence-electron chi connectivity index (χ2n) is 5.26. The van der Waals surface area contributed by atoms with Gasteiger partial charge in [-0.2, -0.15) is 0 Å². The van der Waals surface area contributed by atoms with E-state index in [-0.39, 0.29) is 5.78 Å². The van der Waals surface area contributed by atoms with Crippen LogP contribution in [0.25, 0.3) is 11.4 Å². The Morgan fingerprint density at radius 3 is 2.41 bits per heavy atom. The standard InChI is InChI=1S/C18H23N3O/c1-4-21(5-2)12-11-17(22)16-13-19-18(20-14(16)3)15-9-7-6-8-10-15/h6-10,13H,4-5,11-12H2,1-3H3. The topological polar surface area (TPSA) is 46.1 Å². The third kappa shape index (κ3) is 3.98. The molecule has 1 aromatic carbocycles. The number of aryl methyl sites for hydroxylation is 1. The first-order valence-corrected chi connectivity index (χ1v) is 7.80. The van der Waals surface area contributed by atoms with Gasteiger partial charge in [-0.25, -0.2) is 9.97 Å². The van der Waals surface area contributed by atoms with Crippen molar-refractivity contribution in [2.75, 3.05) is 19.6 Å². The Bertz CT molecular complexity index is 621. The first-order valence-electron chi connectivity index (χ1n) is 7.80. The van der Waals surface area contributed by atoms with Crippen molar-refractivity contribution in [2.45, 2.75) is 27.2 Å². The van der Waals surface area contributed by atoms with Gasteiger partial charge in [-0.15, -0.1) is 0 Å². The molecule has 0 aliphatic rings. The Hall–Kier alpha value is -2.07. The number of benzene rings is 1. The molecule has 4 nitrogen and oxygen atoms in total. The third-order valence-electron chi connectivity index (χ3n) is 3.86. The van der Waals surface area contributed by atoms with Crippen molar-refractivity contribution < 1.29 is 4.79 Å². The molecule has 0 saturated carbocycles. The minimum Gasteiger partial charge on any atom is -0.303 e. The summed E-state index contributed by atoms with van der Waals surface area (Å²) in [5.74, 6) is 0.780. The van der Waals surface area contributed by atoms with E-state index in [1.54, 1.807) is 6.20 Å². The predicted molar refractivity (Wildman–Crippen MR) is 88.9 cm³/mol. The Balaban J connectivity index is 2.11. The summed E-state index contributed by atoms with van der Waals surface area (Å²) < 4.78 is 0. The molecule has 0 bridgehead atoms. The van der Waals surface area contributed by atoms with Crippen LogP contribution in [0.4, 0.5) is 0 Å². The van der Waals surface area contributed by atoms with Gasteiger partial charge in [0.1, 0.15) is 0 Å². The van der Waals surface area contributed by atoms with E-state index in [0.29, 0.717) is 17.8 Å². The number of carbonyl (C=O) groups is 1. The lowest BCUT2D eigenvalue weighted by atomic mass is 10.1. The summed E-state index contributed by atoms with van der Waals surface area (Å²) in [5, 5.41) is 0. The summed E-state index contributed by atoms with van der Waals surface area (Å²) in [5.41, 5.74) is 2.35. The molecule has 2 rings (SSSR count). The highest BCUT2D eigenvalue weighted by molar-refractivity contribution is 5.97. The normalized spacial score (nSPS) is 10.9. The number of rotatable bonds is 7. The summed E-state index contributed by atoms with van der Waals surface area (Å²) in [6.07, 6.45) is 2.17. The third-order valence-corrected chi connectivity index (χ3v) is 3.86. The number of hydrogen-bond acceptors (Lipinski definition) is 4. The van der Waals surface area contributed by atoms with Gasteiger partial charge in [-0.1, -0.05) is 44.2 Å². The van der Waals surface area contributed by atoms with E-state index in [9.17, 15) is 4.79 Å². The van der Waals surface area contributed by atoms with Crippen molar-refractivity contribution in [3.63, 3.8) is 0 Å². The van der Waals surface area contributed by atoms with Crippen LogP contribution in [0.15, 0.2) is 36.5 Å². The van der Waals surface area contributed by atoms with Crippen LogP contribution < -0.4 is 0 Å². The molecule has 0 aliphatic carbocycles. The van der Waals surface area contributed by atoms with Gasteiger partial charge in [-0.3, -0.25) is 4.79 Å². The summed E-state index contributed by atoms with van der Waals surface area (Å²) in [4.78, 5) is 23.4. The molecule has 1 aromatic heterocycles. The number of ketones is 1. The highest BCUT2D eigenvalue weighted by atomic mass is 16.1. The Morgan fingerprint density at radius 1 is 1.14 bits per heavy atom. The van der Waals surface area contributed by atoms with Crippen LogP contribution in [0.5, 0.6) is 0 Å². The largest absolute Gasteiger partial charge is 0.303 e. The highest BCUT2D eigenvalue weighted by Crippen LogP contribution is 2.16. The van der Waals surface area contributed by atoms with E-state index in [2.05, 4.69) is 28.7 Å². The van der Waals surface area contributed by atoms with Crippen molar-refractivity contribution >= 4 is 5.78 Å². The summed E-state index contributed by atoms with van der Waals surface area (Å²) in [6, 6.07) is 9.81. The molecular formula is C18H23N3O. The maximum absolute atomic E-state index is 12.3. The van der Waals surface area contributed by atoms with E-state index in [1.165, 1.54) is 0 Å². The lowest BCUT2D eigenvalue weighted by molar-refractivity contribution is 0.0965. The van der Waals surface area contributed by atoms with E-state index in [1.807, 2.05) is 37.3 Å². The monoisotopic (exact) mass is 297 g/mol. The summed E-state index contributed by atoms with van der Waals surface area (Å²) in [6.45, 7) is 8.80. The Labute approximate surface area is 132 Å². The maximum Gasteiger partial charge on any atom is 0.167 e. The quantitative estimate of drug-likeness (QED) is 0.735. The zero-order chi connectivity index (χ0) is 15.9. The van der Waals surface area contributed by atoms with E-state index in [4.69, 9.17) is 0 Å². The predicted octanol–water partition coefficient (Wildman–Crippen LogP) is 3.37. The molecule has 0 saturated heterocycles. The van der Waals surface area contributed by atoms with Crippen LogP contribution in [-0.2, 0) is 0 Å².